The summed E-state index contributed by atoms with van der Waals surface area (Å²) in [6, 6.07) is 29.5. The van der Waals surface area contributed by atoms with Crippen LogP contribution in [0, 0.1) is 5.92 Å². The van der Waals surface area contributed by atoms with Crippen molar-refractivity contribution >= 4 is 46.5 Å². The SMILES string of the molecule is O=C(c1ccc(Cl)cc1)[C@H]1[C@H](C(=O)c2ccccc2)[C@@]2(C(=O)Nc3ccccc32)[C@@H]2C=Cc3ccccc3N21. The van der Waals surface area contributed by atoms with Gasteiger partial charge in [0.25, 0.3) is 0 Å². The number of nitrogens with zero attached hydrogens (tertiary/aromatic N) is 1. The largest absolute Gasteiger partial charge is 0.352 e. The number of hydrogen-bond acceptors (Lipinski definition) is 4. The lowest BCUT2D eigenvalue weighted by Gasteiger charge is -2.37. The van der Waals surface area contributed by atoms with E-state index in [-0.39, 0.29) is 17.5 Å². The Morgan fingerprint density at radius 1 is 0.769 bits per heavy atom. The minimum Gasteiger partial charge on any atom is -0.352 e. The molecule has 0 aliphatic carbocycles. The monoisotopic (exact) mass is 530 g/mol. The molecule has 0 saturated carbocycles. The van der Waals surface area contributed by atoms with Crippen LogP contribution in [-0.2, 0) is 10.2 Å². The van der Waals surface area contributed by atoms with Gasteiger partial charge in [0, 0.05) is 27.5 Å². The molecule has 0 radical (unpaired) electrons. The lowest BCUT2D eigenvalue weighted by Crippen LogP contribution is -2.51. The van der Waals surface area contributed by atoms with E-state index in [1.54, 1.807) is 48.5 Å². The highest BCUT2D eigenvalue weighted by atomic mass is 35.5. The number of ketones is 2. The first kappa shape index (κ1) is 23.6. The molecule has 1 spiro atoms. The van der Waals surface area contributed by atoms with Gasteiger partial charge in [-0.2, -0.15) is 0 Å². The number of benzene rings is 4. The van der Waals surface area contributed by atoms with Gasteiger partial charge in [0.05, 0.1) is 12.0 Å². The molecule has 0 bridgehead atoms. The number of halogens is 1. The zero-order valence-corrected chi connectivity index (χ0v) is 21.5. The summed E-state index contributed by atoms with van der Waals surface area (Å²) in [5.41, 5.74) is 2.72. The van der Waals surface area contributed by atoms with Crippen LogP contribution in [0.15, 0.2) is 109 Å². The maximum atomic E-state index is 14.6. The van der Waals surface area contributed by atoms with Crippen molar-refractivity contribution in [3.8, 4) is 0 Å². The van der Waals surface area contributed by atoms with Gasteiger partial charge in [-0.25, -0.2) is 0 Å². The first-order chi connectivity index (χ1) is 19.0. The second-order valence-corrected chi connectivity index (χ2v) is 10.6. The summed E-state index contributed by atoms with van der Waals surface area (Å²) in [7, 11) is 0. The first-order valence-electron chi connectivity index (χ1n) is 12.9. The van der Waals surface area contributed by atoms with Gasteiger partial charge in [0.15, 0.2) is 11.6 Å². The molecule has 3 aliphatic heterocycles. The number of carbonyl (C=O) groups excluding carboxylic acids is 3. The lowest BCUT2D eigenvalue weighted by atomic mass is 9.64. The van der Waals surface area contributed by atoms with Crippen molar-refractivity contribution in [2.45, 2.75) is 17.5 Å². The van der Waals surface area contributed by atoms with Crippen LogP contribution in [0.5, 0.6) is 0 Å². The molecule has 7 rings (SSSR count). The normalized spacial score (nSPS) is 24.2. The van der Waals surface area contributed by atoms with E-state index in [0.717, 1.165) is 16.8 Å². The summed E-state index contributed by atoms with van der Waals surface area (Å²) >= 11 is 6.15. The quantitative estimate of drug-likeness (QED) is 0.319. The number of para-hydroxylation sites is 2. The fraction of sp³-hybridized carbons (Fsp3) is 0.121. The van der Waals surface area contributed by atoms with E-state index in [2.05, 4.69) is 5.32 Å². The predicted molar refractivity (Wildman–Crippen MR) is 152 cm³/mol. The van der Waals surface area contributed by atoms with Crippen LogP contribution in [0.1, 0.15) is 31.8 Å². The van der Waals surface area contributed by atoms with Crippen molar-refractivity contribution in [2.75, 3.05) is 10.2 Å². The highest BCUT2D eigenvalue weighted by molar-refractivity contribution is 6.30. The van der Waals surface area contributed by atoms with Gasteiger partial charge in [0.1, 0.15) is 11.5 Å². The Bertz CT molecular complexity index is 1680. The predicted octanol–water partition coefficient (Wildman–Crippen LogP) is 6.20. The lowest BCUT2D eigenvalue weighted by molar-refractivity contribution is -0.121. The minimum absolute atomic E-state index is 0.231. The minimum atomic E-state index is -1.32. The number of hydrogen-bond donors (Lipinski definition) is 1. The third-order valence-electron chi connectivity index (χ3n) is 8.28. The van der Waals surface area contributed by atoms with E-state index in [0.29, 0.717) is 21.8 Å². The van der Waals surface area contributed by atoms with Gasteiger partial charge < -0.3 is 10.2 Å². The molecule has 0 aromatic heterocycles. The molecular formula is C33H23ClN2O3. The van der Waals surface area contributed by atoms with E-state index in [9.17, 15) is 14.4 Å². The first-order valence-corrected chi connectivity index (χ1v) is 13.2. The van der Waals surface area contributed by atoms with Crippen molar-refractivity contribution in [1.82, 2.24) is 0 Å². The Hall–Kier alpha value is -4.48. The van der Waals surface area contributed by atoms with Crippen molar-refractivity contribution in [1.29, 1.82) is 0 Å². The molecule has 4 aromatic rings. The van der Waals surface area contributed by atoms with Gasteiger partial charge in [-0.3, -0.25) is 14.4 Å². The summed E-state index contributed by atoms with van der Waals surface area (Å²) in [4.78, 5) is 45.4. The standard InChI is InChI=1S/C33H23ClN2O3/c34-23-17-14-22(15-18-23)31(38)29-28(30(37)21-9-2-1-3-10-21)33(24-11-5-6-12-25(24)35-32(33)39)27-19-16-20-8-4-7-13-26(20)36(27)29/h1-19,27-29H,(H,35,39)/t27-,28+,29+,33-/m0/s1. The summed E-state index contributed by atoms with van der Waals surface area (Å²) in [5.74, 6) is -1.74. The number of anilines is 2. The van der Waals surface area contributed by atoms with E-state index in [4.69, 9.17) is 11.6 Å². The number of fused-ring (bicyclic) bond motifs is 6. The number of amides is 1. The van der Waals surface area contributed by atoms with Crippen LogP contribution in [-0.4, -0.2) is 29.6 Å². The molecule has 3 aliphatic rings. The summed E-state index contributed by atoms with van der Waals surface area (Å²) < 4.78 is 0. The Morgan fingerprint density at radius 3 is 2.23 bits per heavy atom. The van der Waals surface area contributed by atoms with Gasteiger partial charge in [-0.05, 0) is 47.5 Å². The van der Waals surface area contributed by atoms with Gasteiger partial charge in [0.2, 0.25) is 5.91 Å². The smallest absolute Gasteiger partial charge is 0.238 e. The van der Waals surface area contributed by atoms with Crippen molar-refractivity contribution in [3.63, 3.8) is 0 Å². The zero-order valence-electron chi connectivity index (χ0n) is 20.8. The Labute approximate surface area is 230 Å². The van der Waals surface area contributed by atoms with Crippen LogP contribution in [0.25, 0.3) is 6.08 Å². The van der Waals surface area contributed by atoms with Gasteiger partial charge >= 0.3 is 0 Å². The molecule has 3 heterocycles. The number of rotatable bonds is 4. The Morgan fingerprint density at radius 2 is 1.44 bits per heavy atom. The van der Waals surface area contributed by atoms with Crippen molar-refractivity contribution < 1.29 is 14.4 Å². The molecule has 5 nitrogen and oxygen atoms in total. The number of Topliss-reactive ketones (excluding diaryl/α,β-unsaturated/α-hetero) is 2. The van der Waals surface area contributed by atoms with Crippen LogP contribution in [0.3, 0.4) is 0 Å². The van der Waals surface area contributed by atoms with E-state index < -0.39 is 23.4 Å². The van der Waals surface area contributed by atoms with Crippen LogP contribution >= 0.6 is 11.6 Å². The molecule has 39 heavy (non-hydrogen) atoms. The zero-order chi connectivity index (χ0) is 26.7. The van der Waals surface area contributed by atoms with Gasteiger partial charge in [-0.1, -0.05) is 90.5 Å². The summed E-state index contributed by atoms with van der Waals surface area (Å²) in [6.45, 7) is 0. The second-order valence-electron chi connectivity index (χ2n) is 10.2. The summed E-state index contributed by atoms with van der Waals surface area (Å²) in [5, 5.41) is 3.56. The second kappa shape index (κ2) is 8.79. The molecular weight excluding hydrogens is 508 g/mol. The fourth-order valence-corrected chi connectivity index (χ4v) is 6.81. The summed E-state index contributed by atoms with van der Waals surface area (Å²) in [6.07, 6.45) is 3.97. The molecule has 0 unspecified atom stereocenters. The van der Waals surface area contributed by atoms with E-state index >= 15 is 0 Å². The van der Waals surface area contributed by atoms with Crippen LogP contribution in [0.2, 0.25) is 5.02 Å². The topological polar surface area (TPSA) is 66.5 Å². The van der Waals surface area contributed by atoms with Crippen molar-refractivity contribution in [2.24, 2.45) is 5.92 Å². The Balaban J connectivity index is 1.54. The molecule has 1 amide bonds. The molecule has 1 N–H and O–H groups in total. The third-order valence-corrected chi connectivity index (χ3v) is 8.53. The highest BCUT2D eigenvalue weighted by Gasteiger charge is 2.70. The maximum absolute atomic E-state index is 14.6. The molecule has 4 atom stereocenters. The maximum Gasteiger partial charge on any atom is 0.238 e. The molecule has 1 fully saturated rings. The van der Waals surface area contributed by atoms with Crippen LogP contribution < -0.4 is 10.2 Å². The van der Waals surface area contributed by atoms with Crippen LogP contribution in [0.4, 0.5) is 11.4 Å². The number of nitrogens with one attached hydrogen (secondary N) is 1. The molecule has 190 valence electrons. The average Bonchev–Trinajstić information content (AvgIpc) is 3.45. The molecule has 1 saturated heterocycles. The number of carbonyl (C=O) groups is 3. The third kappa shape index (κ3) is 3.30. The molecule has 6 heteroatoms. The van der Waals surface area contributed by atoms with E-state index in [1.807, 2.05) is 71.6 Å². The average molecular weight is 531 g/mol. The van der Waals surface area contributed by atoms with Gasteiger partial charge in [-0.15, -0.1) is 0 Å². The highest BCUT2D eigenvalue weighted by Crippen LogP contribution is 2.58. The van der Waals surface area contributed by atoms with Crippen molar-refractivity contribution in [3.05, 3.63) is 136 Å². The van der Waals surface area contributed by atoms with E-state index in [1.165, 1.54) is 0 Å². The fourth-order valence-electron chi connectivity index (χ4n) is 6.69. The Kier molecular flexibility index (Phi) is 5.32. The molecule has 4 aromatic carbocycles.